The highest BCUT2D eigenvalue weighted by Crippen LogP contribution is 2.41. The van der Waals surface area contributed by atoms with E-state index >= 15 is 0 Å². The molecule has 0 aliphatic heterocycles. The second-order valence-corrected chi connectivity index (χ2v) is 5.75. The van der Waals surface area contributed by atoms with Crippen LogP contribution in [0.15, 0.2) is 12.3 Å². The van der Waals surface area contributed by atoms with Crippen molar-refractivity contribution >= 4 is 5.82 Å². The van der Waals surface area contributed by atoms with Gasteiger partial charge in [-0.05, 0) is 29.9 Å². The van der Waals surface area contributed by atoms with Gasteiger partial charge in [-0.3, -0.25) is 0 Å². The van der Waals surface area contributed by atoms with Crippen molar-refractivity contribution in [3.63, 3.8) is 0 Å². The molecule has 0 bridgehead atoms. The van der Waals surface area contributed by atoms with Crippen molar-refractivity contribution in [2.75, 3.05) is 5.32 Å². The van der Waals surface area contributed by atoms with Gasteiger partial charge in [-0.2, -0.15) is 13.2 Å². The van der Waals surface area contributed by atoms with E-state index < -0.39 is 17.2 Å². The number of alkyl halides is 3. The van der Waals surface area contributed by atoms with Gasteiger partial charge in [0, 0.05) is 12.2 Å². The average Bonchev–Trinajstić information content (AvgIpc) is 2.98. The molecule has 1 fully saturated rings. The molecule has 1 aromatic rings. The van der Waals surface area contributed by atoms with Crippen LogP contribution < -0.4 is 5.32 Å². The van der Waals surface area contributed by atoms with Crippen molar-refractivity contribution in [2.24, 2.45) is 0 Å². The first-order chi connectivity index (χ1) is 8.19. The van der Waals surface area contributed by atoms with Crippen LogP contribution >= 0.6 is 0 Å². The molecule has 18 heavy (non-hydrogen) atoms. The smallest absolute Gasteiger partial charge is 0.367 e. The second kappa shape index (κ2) is 4.14. The maximum atomic E-state index is 13.2. The van der Waals surface area contributed by atoms with Gasteiger partial charge < -0.3 is 5.32 Å². The van der Waals surface area contributed by atoms with Crippen LogP contribution in [0.4, 0.5) is 19.0 Å². The Kier molecular flexibility index (Phi) is 3.03. The molecule has 1 aliphatic rings. The number of halogens is 3. The van der Waals surface area contributed by atoms with Crippen molar-refractivity contribution < 1.29 is 13.2 Å². The number of nitrogens with zero attached hydrogens (tertiary/aromatic N) is 1. The average molecular weight is 258 g/mol. The molecule has 0 saturated heterocycles. The first-order valence-electron chi connectivity index (χ1n) is 6.03. The summed E-state index contributed by atoms with van der Waals surface area (Å²) in [7, 11) is 0. The van der Waals surface area contributed by atoms with Gasteiger partial charge in [0.2, 0.25) is 0 Å². The van der Waals surface area contributed by atoms with Crippen molar-refractivity contribution in [2.45, 2.75) is 51.2 Å². The Morgan fingerprint density at radius 2 is 1.83 bits per heavy atom. The van der Waals surface area contributed by atoms with E-state index in [9.17, 15) is 13.2 Å². The van der Waals surface area contributed by atoms with Crippen LogP contribution in [0.25, 0.3) is 0 Å². The number of nitrogens with one attached hydrogen (secondary N) is 1. The van der Waals surface area contributed by atoms with Gasteiger partial charge in [0.25, 0.3) is 0 Å². The molecule has 0 radical (unpaired) electrons. The fraction of sp³-hybridized carbons (Fsp3) is 0.615. The first kappa shape index (κ1) is 13.2. The third-order valence-corrected chi connectivity index (χ3v) is 2.96. The molecule has 1 aromatic heterocycles. The van der Waals surface area contributed by atoms with Gasteiger partial charge in [0.15, 0.2) is 0 Å². The van der Waals surface area contributed by atoms with Gasteiger partial charge in [-0.15, -0.1) is 0 Å². The van der Waals surface area contributed by atoms with Gasteiger partial charge >= 0.3 is 6.18 Å². The van der Waals surface area contributed by atoms with E-state index in [0.29, 0.717) is 0 Å². The molecule has 2 rings (SSSR count). The fourth-order valence-electron chi connectivity index (χ4n) is 1.90. The molecule has 2 nitrogen and oxygen atoms in total. The van der Waals surface area contributed by atoms with E-state index in [4.69, 9.17) is 0 Å². The summed E-state index contributed by atoms with van der Waals surface area (Å²) in [5.41, 5.74) is -0.897. The molecule has 0 atom stereocenters. The quantitative estimate of drug-likeness (QED) is 0.868. The van der Waals surface area contributed by atoms with Crippen LogP contribution in [-0.4, -0.2) is 11.0 Å². The number of aromatic nitrogens is 1. The molecule has 0 aromatic carbocycles. The van der Waals surface area contributed by atoms with E-state index in [1.165, 1.54) is 12.3 Å². The fourth-order valence-corrected chi connectivity index (χ4v) is 1.90. The molecule has 100 valence electrons. The molecule has 1 N–H and O–H groups in total. The van der Waals surface area contributed by atoms with Gasteiger partial charge in [0.1, 0.15) is 11.4 Å². The molecule has 5 heteroatoms. The Hall–Kier alpha value is -1.26. The number of anilines is 1. The number of rotatable bonds is 2. The zero-order valence-electron chi connectivity index (χ0n) is 10.7. The van der Waals surface area contributed by atoms with Crippen LogP contribution in [0, 0.1) is 0 Å². The third-order valence-electron chi connectivity index (χ3n) is 2.96. The number of hydrogen-bond acceptors (Lipinski definition) is 2. The number of hydrogen-bond donors (Lipinski definition) is 1. The van der Waals surface area contributed by atoms with Crippen LogP contribution in [0.2, 0.25) is 0 Å². The molecular formula is C13H17F3N2. The summed E-state index contributed by atoms with van der Waals surface area (Å²) in [5, 5.41) is 2.87. The zero-order chi connectivity index (χ0) is 13.6. The van der Waals surface area contributed by atoms with Crippen LogP contribution in [-0.2, 0) is 11.6 Å². The molecule has 1 saturated carbocycles. The maximum Gasteiger partial charge on any atom is 0.420 e. The number of pyridine rings is 1. The Bertz CT molecular complexity index is 443. The molecule has 0 unspecified atom stereocenters. The largest absolute Gasteiger partial charge is 0.420 e. The normalized spacial score (nSPS) is 16.8. The highest BCUT2D eigenvalue weighted by atomic mass is 19.4. The van der Waals surface area contributed by atoms with Crippen molar-refractivity contribution in [1.29, 1.82) is 0 Å². The zero-order valence-corrected chi connectivity index (χ0v) is 10.7. The minimum atomic E-state index is -4.38. The standard InChI is InChI=1S/C13H17F3N2/c1-12(2,3)9-6-7-17-11(18-8-4-5-8)10(9)13(14,15)16/h6-8H,4-5H2,1-3H3,(H,17,18). The monoisotopic (exact) mass is 258 g/mol. The van der Waals surface area contributed by atoms with Crippen LogP contribution in [0.3, 0.4) is 0 Å². The highest BCUT2D eigenvalue weighted by Gasteiger charge is 2.40. The molecule has 1 heterocycles. The van der Waals surface area contributed by atoms with E-state index in [2.05, 4.69) is 10.3 Å². The highest BCUT2D eigenvalue weighted by molar-refractivity contribution is 5.53. The lowest BCUT2D eigenvalue weighted by atomic mass is 9.84. The summed E-state index contributed by atoms with van der Waals surface area (Å²) < 4.78 is 39.7. The summed E-state index contributed by atoms with van der Waals surface area (Å²) in [5.74, 6) is -0.0302. The third kappa shape index (κ3) is 2.76. The van der Waals surface area contributed by atoms with E-state index in [1.807, 2.05) is 0 Å². The predicted octanol–water partition coefficient (Wildman–Crippen LogP) is 3.97. The van der Waals surface area contributed by atoms with Gasteiger partial charge in [0.05, 0.1) is 0 Å². The Morgan fingerprint density at radius 1 is 1.22 bits per heavy atom. The topological polar surface area (TPSA) is 24.9 Å². The van der Waals surface area contributed by atoms with Crippen LogP contribution in [0.5, 0.6) is 0 Å². The lowest BCUT2D eigenvalue weighted by Gasteiger charge is -2.25. The van der Waals surface area contributed by atoms with Crippen molar-refractivity contribution in [1.82, 2.24) is 4.98 Å². The lowest BCUT2D eigenvalue weighted by Crippen LogP contribution is -2.22. The van der Waals surface area contributed by atoms with E-state index in [1.54, 1.807) is 20.8 Å². The van der Waals surface area contributed by atoms with Crippen molar-refractivity contribution in [3.05, 3.63) is 23.4 Å². The predicted molar refractivity (Wildman–Crippen MR) is 64.6 cm³/mol. The lowest BCUT2D eigenvalue weighted by molar-refractivity contribution is -0.138. The Labute approximate surface area is 105 Å². The Morgan fingerprint density at radius 3 is 2.28 bits per heavy atom. The summed E-state index contributed by atoms with van der Waals surface area (Å²) in [6.07, 6.45) is -1.11. The first-order valence-corrected chi connectivity index (χ1v) is 6.03. The summed E-state index contributed by atoms with van der Waals surface area (Å²) in [6.45, 7) is 5.33. The van der Waals surface area contributed by atoms with Crippen LogP contribution in [0.1, 0.15) is 44.7 Å². The maximum absolute atomic E-state index is 13.2. The molecule has 1 aliphatic carbocycles. The van der Waals surface area contributed by atoms with Gasteiger partial charge in [-0.1, -0.05) is 20.8 Å². The summed E-state index contributed by atoms with van der Waals surface area (Å²) >= 11 is 0. The second-order valence-electron chi connectivity index (χ2n) is 5.75. The summed E-state index contributed by atoms with van der Waals surface area (Å²) in [4.78, 5) is 3.87. The molecule has 0 spiro atoms. The summed E-state index contributed by atoms with van der Waals surface area (Å²) in [6, 6.07) is 1.61. The van der Waals surface area contributed by atoms with Gasteiger partial charge in [-0.25, -0.2) is 4.98 Å². The SMILES string of the molecule is CC(C)(C)c1ccnc(NC2CC2)c1C(F)(F)F. The minimum Gasteiger partial charge on any atom is -0.367 e. The molecular weight excluding hydrogens is 241 g/mol. The Balaban J connectivity index is 2.52. The van der Waals surface area contributed by atoms with E-state index in [-0.39, 0.29) is 17.4 Å². The van der Waals surface area contributed by atoms with E-state index in [0.717, 1.165) is 12.8 Å². The molecule has 0 amide bonds. The van der Waals surface area contributed by atoms with Crippen molar-refractivity contribution in [3.8, 4) is 0 Å². The minimum absolute atomic E-state index is 0.0302.